The number of hydrogen-bond acceptors (Lipinski definition) is 2. The molecule has 0 fully saturated rings. The second-order valence-corrected chi connectivity index (χ2v) is 2.83. The maximum Gasteiger partial charge on any atom is 0.258 e. The van der Waals surface area contributed by atoms with Crippen molar-refractivity contribution >= 4 is 25.3 Å². The van der Waals surface area contributed by atoms with Gasteiger partial charge in [0.1, 0.15) is 0 Å². The molecule has 1 N–H and O–H groups in total. The summed E-state index contributed by atoms with van der Waals surface area (Å²) in [6, 6.07) is 5.21. The molecule has 0 atom stereocenters. The Balaban J connectivity index is 0.000000845. The van der Waals surface area contributed by atoms with Gasteiger partial charge >= 0.3 is 0 Å². The molecule has 1 aromatic rings. The molecule has 2 rings (SSSR count). The summed E-state index contributed by atoms with van der Waals surface area (Å²) < 4.78 is 0. The number of aryl methyl sites for hydroxylation is 1. The van der Waals surface area contributed by atoms with Crippen LogP contribution in [-0.4, -0.2) is 11.8 Å². The van der Waals surface area contributed by atoms with Crippen molar-refractivity contribution in [3.05, 3.63) is 34.9 Å². The highest BCUT2D eigenvalue weighted by atomic mass is 32.1. The molecular weight excluding hydrogens is 186 g/mol. The molecule has 4 heteroatoms. The zero-order chi connectivity index (χ0) is 8.72. The Kier molecular flexibility index (Phi) is 2.43. The lowest BCUT2D eigenvalue weighted by Gasteiger charge is -1.94. The fraction of sp³-hybridized carbons (Fsp3) is 0.111. The van der Waals surface area contributed by atoms with Crippen molar-refractivity contribution in [2.24, 2.45) is 0 Å². The summed E-state index contributed by atoms with van der Waals surface area (Å²) >= 11 is 0. The summed E-state index contributed by atoms with van der Waals surface area (Å²) in [5.41, 5.74) is 1.95. The average molecular weight is 195 g/mol. The van der Waals surface area contributed by atoms with Crippen molar-refractivity contribution < 1.29 is 9.59 Å². The normalized spacial score (nSPS) is 13.3. The molecule has 13 heavy (non-hydrogen) atoms. The smallest absolute Gasteiger partial charge is 0.258 e. The monoisotopic (exact) mass is 195 g/mol. The lowest BCUT2D eigenvalue weighted by molar-refractivity contribution is 0.0879. The Morgan fingerprint density at radius 3 is 2.38 bits per heavy atom. The van der Waals surface area contributed by atoms with Gasteiger partial charge in [-0.1, -0.05) is 11.6 Å². The van der Waals surface area contributed by atoms with Crippen molar-refractivity contribution in [1.29, 1.82) is 0 Å². The van der Waals surface area contributed by atoms with Gasteiger partial charge in [-0.05, 0) is 19.1 Å². The van der Waals surface area contributed by atoms with Crippen LogP contribution < -0.4 is 5.32 Å². The Morgan fingerprint density at radius 2 is 1.69 bits per heavy atom. The van der Waals surface area contributed by atoms with E-state index in [0.717, 1.165) is 5.56 Å². The zero-order valence-corrected chi connectivity index (χ0v) is 8.05. The number of fused-ring (bicyclic) bond motifs is 1. The van der Waals surface area contributed by atoms with Crippen LogP contribution in [0.25, 0.3) is 0 Å². The third-order valence-corrected chi connectivity index (χ3v) is 1.89. The van der Waals surface area contributed by atoms with Gasteiger partial charge in [-0.15, -0.1) is 0 Å². The molecule has 0 unspecified atom stereocenters. The minimum Gasteiger partial charge on any atom is -0.288 e. The first-order valence-electron chi connectivity index (χ1n) is 3.65. The molecule has 1 aliphatic rings. The topological polar surface area (TPSA) is 46.2 Å². The average Bonchev–Trinajstić information content (AvgIpc) is 2.28. The van der Waals surface area contributed by atoms with Gasteiger partial charge in [0.25, 0.3) is 11.8 Å². The van der Waals surface area contributed by atoms with Crippen LogP contribution in [0.5, 0.6) is 0 Å². The Bertz CT molecular complexity index is 387. The van der Waals surface area contributed by atoms with Gasteiger partial charge in [-0.3, -0.25) is 14.9 Å². The van der Waals surface area contributed by atoms with Gasteiger partial charge in [0.2, 0.25) is 0 Å². The summed E-state index contributed by atoms with van der Waals surface area (Å²) in [5.74, 6) is -0.589. The van der Waals surface area contributed by atoms with Crippen LogP contribution in [0.3, 0.4) is 0 Å². The van der Waals surface area contributed by atoms with Gasteiger partial charge < -0.3 is 0 Å². The number of nitrogens with one attached hydrogen (secondary N) is 1. The molecule has 0 saturated carbocycles. The number of benzene rings is 1. The van der Waals surface area contributed by atoms with Gasteiger partial charge in [0.05, 0.1) is 11.1 Å². The lowest BCUT2D eigenvalue weighted by atomic mass is 10.1. The number of rotatable bonds is 0. The van der Waals surface area contributed by atoms with E-state index in [4.69, 9.17) is 0 Å². The molecular formula is C9H9NO2S. The number of carbonyl (C=O) groups is 2. The van der Waals surface area contributed by atoms with E-state index in [0.29, 0.717) is 11.1 Å². The van der Waals surface area contributed by atoms with Crippen molar-refractivity contribution in [2.45, 2.75) is 6.92 Å². The number of carbonyl (C=O) groups excluding carboxylic acids is 2. The molecule has 0 radical (unpaired) electrons. The minimum absolute atomic E-state index is 0. The fourth-order valence-corrected chi connectivity index (χ4v) is 1.28. The largest absolute Gasteiger partial charge is 0.288 e. The quantitative estimate of drug-likeness (QED) is 0.627. The first kappa shape index (κ1) is 9.80. The van der Waals surface area contributed by atoms with Crippen LogP contribution in [-0.2, 0) is 0 Å². The first-order valence-corrected chi connectivity index (χ1v) is 3.65. The van der Waals surface area contributed by atoms with E-state index in [2.05, 4.69) is 5.32 Å². The van der Waals surface area contributed by atoms with Crippen molar-refractivity contribution in [1.82, 2.24) is 5.32 Å². The molecule has 0 saturated heterocycles. The summed E-state index contributed by atoms with van der Waals surface area (Å²) in [5, 5.41) is 2.23. The van der Waals surface area contributed by atoms with Gasteiger partial charge in [0.15, 0.2) is 0 Å². The molecule has 0 bridgehead atoms. The van der Waals surface area contributed by atoms with Crippen LogP contribution in [0, 0.1) is 6.92 Å². The molecule has 0 aromatic heterocycles. The molecule has 68 valence electrons. The van der Waals surface area contributed by atoms with Crippen molar-refractivity contribution in [3.8, 4) is 0 Å². The van der Waals surface area contributed by atoms with Crippen LogP contribution in [0.15, 0.2) is 18.2 Å². The highest BCUT2D eigenvalue weighted by molar-refractivity contribution is 7.59. The van der Waals surface area contributed by atoms with E-state index in [-0.39, 0.29) is 25.3 Å². The number of amides is 2. The molecule has 3 nitrogen and oxygen atoms in total. The summed E-state index contributed by atoms with van der Waals surface area (Å²) in [6.45, 7) is 1.89. The van der Waals surface area contributed by atoms with Gasteiger partial charge in [0, 0.05) is 0 Å². The molecule has 1 aliphatic heterocycles. The predicted octanol–water partition coefficient (Wildman–Crippen LogP) is 0.991. The molecule has 0 spiro atoms. The Morgan fingerprint density at radius 1 is 1.08 bits per heavy atom. The van der Waals surface area contributed by atoms with Crippen LogP contribution in [0.1, 0.15) is 26.3 Å². The van der Waals surface area contributed by atoms with E-state index < -0.39 is 0 Å². The molecule has 1 heterocycles. The van der Waals surface area contributed by atoms with E-state index >= 15 is 0 Å². The summed E-state index contributed by atoms with van der Waals surface area (Å²) in [6.07, 6.45) is 0. The van der Waals surface area contributed by atoms with Crippen LogP contribution in [0.2, 0.25) is 0 Å². The SMILES string of the molecule is Cc1ccc2c(c1)C(=O)NC2=O.S. The minimum atomic E-state index is -0.296. The molecule has 0 aliphatic carbocycles. The van der Waals surface area contributed by atoms with Gasteiger partial charge in [-0.2, -0.15) is 13.5 Å². The second-order valence-electron chi connectivity index (χ2n) is 2.83. The van der Waals surface area contributed by atoms with Crippen LogP contribution in [0.4, 0.5) is 0 Å². The number of hydrogen-bond donors (Lipinski definition) is 1. The first-order chi connectivity index (χ1) is 5.68. The van der Waals surface area contributed by atoms with Crippen LogP contribution >= 0.6 is 13.5 Å². The molecule has 2 amide bonds. The van der Waals surface area contributed by atoms with E-state index in [1.165, 1.54) is 0 Å². The summed E-state index contributed by atoms with van der Waals surface area (Å²) in [7, 11) is 0. The third kappa shape index (κ3) is 1.45. The Hall–Kier alpha value is -1.29. The third-order valence-electron chi connectivity index (χ3n) is 1.89. The predicted molar refractivity (Wildman–Crippen MR) is 53.4 cm³/mol. The van der Waals surface area contributed by atoms with E-state index in [1.807, 2.05) is 13.0 Å². The zero-order valence-electron chi connectivity index (χ0n) is 7.05. The van der Waals surface area contributed by atoms with Crippen molar-refractivity contribution in [2.75, 3.05) is 0 Å². The van der Waals surface area contributed by atoms with E-state index in [1.54, 1.807) is 12.1 Å². The maximum atomic E-state index is 11.1. The highest BCUT2D eigenvalue weighted by Crippen LogP contribution is 2.16. The Labute approximate surface area is 82.6 Å². The summed E-state index contributed by atoms with van der Waals surface area (Å²) in [4.78, 5) is 22.2. The number of imide groups is 1. The standard InChI is InChI=1S/C9H7NO2.H2S/c1-5-2-3-6-7(4-5)9(12)10-8(6)11;/h2-4H,1H3,(H,10,11,12);1H2. The second kappa shape index (κ2) is 3.22. The van der Waals surface area contributed by atoms with E-state index in [9.17, 15) is 9.59 Å². The van der Waals surface area contributed by atoms with Gasteiger partial charge in [-0.25, -0.2) is 0 Å². The molecule has 1 aromatic carbocycles. The highest BCUT2D eigenvalue weighted by Gasteiger charge is 2.25. The lowest BCUT2D eigenvalue weighted by Crippen LogP contribution is -2.19. The fourth-order valence-electron chi connectivity index (χ4n) is 1.28. The maximum absolute atomic E-state index is 11.1. The van der Waals surface area contributed by atoms with Crippen molar-refractivity contribution in [3.63, 3.8) is 0 Å².